The topological polar surface area (TPSA) is 41.5 Å². The van der Waals surface area contributed by atoms with Gasteiger partial charge in [-0.25, -0.2) is 9.97 Å². The average molecular weight is 304 g/mol. The van der Waals surface area contributed by atoms with E-state index >= 15 is 0 Å². The SMILES string of the molecule is CCc1cc2c(N3CC4OCCN(C)C4C3)ncnc2s1. The van der Waals surface area contributed by atoms with Gasteiger partial charge in [-0.1, -0.05) is 6.92 Å². The molecule has 2 atom stereocenters. The normalized spacial score (nSPS) is 26.5. The monoisotopic (exact) mass is 304 g/mol. The van der Waals surface area contributed by atoms with E-state index in [9.17, 15) is 0 Å². The zero-order chi connectivity index (χ0) is 14.4. The van der Waals surface area contributed by atoms with Crippen molar-refractivity contribution in [3.63, 3.8) is 0 Å². The summed E-state index contributed by atoms with van der Waals surface area (Å²) < 4.78 is 5.94. The number of ether oxygens (including phenoxy) is 1. The van der Waals surface area contributed by atoms with Gasteiger partial charge >= 0.3 is 0 Å². The smallest absolute Gasteiger partial charge is 0.140 e. The summed E-state index contributed by atoms with van der Waals surface area (Å²) in [6.07, 6.45) is 3.05. The lowest BCUT2D eigenvalue weighted by Crippen LogP contribution is -2.48. The molecule has 4 rings (SSSR count). The van der Waals surface area contributed by atoms with Crippen LogP contribution >= 0.6 is 11.3 Å². The Bertz CT molecular complexity index is 658. The van der Waals surface area contributed by atoms with Gasteiger partial charge in [0.05, 0.1) is 24.1 Å². The van der Waals surface area contributed by atoms with Crippen LogP contribution in [0.25, 0.3) is 10.2 Å². The van der Waals surface area contributed by atoms with E-state index in [1.54, 1.807) is 17.7 Å². The molecule has 2 aromatic rings. The van der Waals surface area contributed by atoms with Crippen LogP contribution in [0.3, 0.4) is 0 Å². The first-order chi connectivity index (χ1) is 10.3. The maximum atomic E-state index is 5.94. The molecular formula is C15H20N4OS. The zero-order valence-corrected chi connectivity index (χ0v) is 13.3. The van der Waals surface area contributed by atoms with E-state index < -0.39 is 0 Å². The molecule has 6 heteroatoms. The molecule has 2 unspecified atom stereocenters. The van der Waals surface area contributed by atoms with Crippen LogP contribution in [0.4, 0.5) is 5.82 Å². The van der Waals surface area contributed by atoms with Crippen molar-refractivity contribution in [2.24, 2.45) is 0 Å². The van der Waals surface area contributed by atoms with Crippen molar-refractivity contribution in [3.8, 4) is 0 Å². The largest absolute Gasteiger partial charge is 0.373 e. The number of fused-ring (bicyclic) bond motifs is 2. The van der Waals surface area contributed by atoms with Gasteiger partial charge in [-0.15, -0.1) is 11.3 Å². The summed E-state index contributed by atoms with van der Waals surface area (Å²) in [6, 6.07) is 2.73. The van der Waals surface area contributed by atoms with E-state index in [0.29, 0.717) is 12.1 Å². The summed E-state index contributed by atoms with van der Waals surface area (Å²) >= 11 is 1.78. The molecule has 2 saturated heterocycles. The summed E-state index contributed by atoms with van der Waals surface area (Å²) in [4.78, 5) is 16.2. The van der Waals surface area contributed by atoms with E-state index in [4.69, 9.17) is 4.74 Å². The van der Waals surface area contributed by atoms with Crippen LogP contribution in [0.15, 0.2) is 12.4 Å². The third-order valence-electron chi connectivity index (χ3n) is 4.59. The van der Waals surface area contributed by atoms with Gasteiger partial charge in [0.15, 0.2) is 0 Å². The highest BCUT2D eigenvalue weighted by Gasteiger charge is 2.39. The van der Waals surface area contributed by atoms with Gasteiger partial charge in [-0.3, -0.25) is 4.90 Å². The summed E-state index contributed by atoms with van der Waals surface area (Å²) in [5, 5.41) is 1.20. The number of anilines is 1. The van der Waals surface area contributed by atoms with Crippen molar-refractivity contribution < 1.29 is 4.74 Å². The van der Waals surface area contributed by atoms with Gasteiger partial charge in [-0.2, -0.15) is 0 Å². The van der Waals surface area contributed by atoms with Gasteiger partial charge in [0.25, 0.3) is 0 Å². The fraction of sp³-hybridized carbons (Fsp3) is 0.600. The number of likely N-dealkylation sites (N-methyl/N-ethyl adjacent to an activating group) is 1. The van der Waals surface area contributed by atoms with Crippen molar-refractivity contribution in [2.75, 3.05) is 38.2 Å². The Balaban J connectivity index is 1.69. The molecule has 2 aromatic heterocycles. The van der Waals surface area contributed by atoms with Crippen LogP contribution in [0.1, 0.15) is 11.8 Å². The van der Waals surface area contributed by atoms with Crippen molar-refractivity contribution in [1.29, 1.82) is 0 Å². The van der Waals surface area contributed by atoms with Crippen LogP contribution in [0.5, 0.6) is 0 Å². The third-order valence-corrected chi connectivity index (χ3v) is 5.77. The van der Waals surface area contributed by atoms with E-state index in [1.165, 1.54) is 10.3 Å². The molecular weight excluding hydrogens is 284 g/mol. The number of aromatic nitrogens is 2. The molecule has 2 fully saturated rings. The van der Waals surface area contributed by atoms with Gasteiger partial charge in [0.2, 0.25) is 0 Å². The minimum Gasteiger partial charge on any atom is -0.373 e. The molecule has 0 aromatic carbocycles. The number of thiophene rings is 1. The van der Waals surface area contributed by atoms with Crippen molar-refractivity contribution >= 4 is 27.4 Å². The summed E-state index contributed by atoms with van der Waals surface area (Å²) in [6.45, 7) is 5.96. The number of hydrogen-bond donors (Lipinski definition) is 0. The number of morpholine rings is 1. The molecule has 4 heterocycles. The van der Waals surface area contributed by atoms with Crippen LogP contribution in [0, 0.1) is 0 Å². The highest BCUT2D eigenvalue weighted by atomic mass is 32.1. The molecule has 0 radical (unpaired) electrons. The van der Waals surface area contributed by atoms with Crippen molar-refractivity contribution in [3.05, 3.63) is 17.3 Å². The molecule has 2 aliphatic heterocycles. The quantitative estimate of drug-likeness (QED) is 0.846. The van der Waals surface area contributed by atoms with E-state index in [2.05, 4.69) is 39.8 Å². The number of nitrogens with zero attached hydrogens (tertiary/aromatic N) is 4. The molecule has 0 N–H and O–H groups in total. The molecule has 21 heavy (non-hydrogen) atoms. The summed E-state index contributed by atoms with van der Waals surface area (Å²) in [5.74, 6) is 1.07. The Morgan fingerprint density at radius 2 is 2.29 bits per heavy atom. The molecule has 0 saturated carbocycles. The second kappa shape index (κ2) is 5.19. The Morgan fingerprint density at radius 1 is 1.38 bits per heavy atom. The first kappa shape index (κ1) is 13.4. The second-order valence-electron chi connectivity index (χ2n) is 5.84. The van der Waals surface area contributed by atoms with Gasteiger partial charge in [0, 0.05) is 24.5 Å². The maximum absolute atomic E-state index is 5.94. The number of aryl methyl sites for hydroxylation is 1. The average Bonchev–Trinajstić information content (AvgIpc) is 3.10. The Morgan fingerprint density at radius 3 is 3.10 bits per heavy atom. The fourth-order valence-electron chi connectivity index (χ4n) is 3.35. The number of hydrogen-bond acceptors (Lipinski definition) is 6. The molecule has 2 aliphatic rings. The molecule has 0 spiro atoms. The molecule has 0 bridgehead atoms. The van der Waals surface area contributed by atoms with E-state index in [0.717, 1.165) is 43.3 Å². The first-order valence-corrected chi connectivity index (χ1v) is 8.38. The summed E-state index contributed by atoms with van der Waals surface area (Å²) in [7, 11) is 2.19. The lowest BCUT2D eigenvalue weighted by Gasteiger charge is -2.33. The number of rotatable bonds is 2. The summed E-state index contributed by atoms with van der Waals surface area (Å²) in [5.41, 5.74) is 0. The van der Waals surface area contributed by atoms with Crippen LogP contribution < -0.4 is 4.90 Å². The zero-order valence-electron chi connectivity index (χ0n) is 12.5. The van der Waals surface area contributed by atoms with Crippen LogP contribution in [0.2, 0.25) is 0 Å². The lowest BCUT2D eigenvalue weighted by molar-refractivity contribution is -0.0362. The highest BCUT2D eigenvalue weighted by molar-refractivity contribution is 7.18. The maximum Gasteiger partial charge on any atom is 0.140 e. The molecule has 0 amide bonds. The lowest BCUT2D eigenvalue weighted by atomic mass is 10.1. The highest BCUT2D eigenvalue weighted by Crippen LogP contribution is 2.33. The predicted molar refractivity (Wildman–Crippen MR) is 85.2 cm³/mol. The Kier molecular flexibility index (Phi) is 3.32. The minimum absolute atomic E-state index is 0.304. The van der Waals surface area contributed by atoms with Crippen LogP contribution in [-0.2, 0) is 11.2 Å². The predicted octanol–water partition coefficient (Wildman–Crippen LogP) is 1.77. The van der Waals surface area contributed by atoms with E-state index in [1.807, 2.05) is 0 Å². The standard InChI is InChI=1S/C15H20N4OS/c1-3-10-6-11-14(16-9-17-15(11)21-10)19-7-12-13(8-19)20-5-4-18(12)2/h6,9,12-13H,3-5,7-8H2,1-2H3. The van der Waals surface area contributed by atoms with E-state index in [-0.39, 0.29) is 0 Å². The minimum atomic E-state index is 0.304. The molecule has 112 valence electrons. The Labute approximate surface area is 128 Å². The third kappa shape index (κ3) is 2.22. The van der Waals surface area contributed by atoms with Crippen molar-refractivity contribution in [1.82, 2.24) is 14.9 Å². The van der Waals surface area contributed by atoms with Crippen molar-refractivity contribution in [2.45, 2.75) is 25.5 Å². The van der Waals surface area contributed by atoms with Gasteiger partial charge in [0.1, 0.15) is 17.0 Å². The molecule has 5 nitrogen and oxygen atoms in total. The van der Waals surface area contributed by atoms with Gasteiger partial charge in [-0.05, 0) is 19.5 Å². The Hall–Kier alpha value is -1.24. The first-order valence-electron chi connectivity index (χ1n) is 7.56. The second-order valence-corrected chi connectivity index (χ2v) is 6.96. The van der Waals surface area contributed by atoms with Gasteiger partial charge < -0.3 is 9.64 Å². The van der Waals surface area contributed by atoms with Crippen LogP contribution in [-0.4, -0.2) is 60.3 Å². The molecule has 0 aliphatic carbocycles. The fourth-order valence-corrected chi connectivity index (χ4v) is 4.28.